The van der Waals surface area contributed by atoms with Crippen LogP contribution in [-0.4, -0.2) is 78.1 Å². The van der Waals surface area contributed by atoms with Gasteiger partial charge in [-0.3, -0.25) is 18.9 Å². The molecule has 2 fully saturated rings. The second-order valence-electron chi connectivity index (χ2n) is 8.63. The number of anilines is 2. The summed E-state index contributed by atoms with van der Waals surface area (Å²) < 4.78 is 12.7. The van der Waals surface area contributed by atoms with Gasteiger partial charge in [-0.15, -0.1) is 0 Å². The molecule has 0 spiro atoms. The lowest BCUT2D eigenvalue weighted by Gasteiger charge is -2.31. The predicted octanol–water partition coefficient (Wildman–Crippen LogP) is 0.237. The number of benzene rings is 1. The number of carbonyl (C=O) groups excluding carboxylic acids is 1. The number of rotatable bonds is 6. The fraction of sp³-hybridized carbons (Fsp3) is 0.375. The van der Waals surface area contributed by atoms with E-state index in [2.05, 4.69) is 9.88 Å². The molecule has 2 aliphatic heterocycles. The lowest BCUT2D eigenvalue weighted by Crippen LogP contribution is -2.39. The van der Waals surface area contributed by atoms with Gasteiger partial charge in [0.1, 0.15) is 6.61 Å². The molecular weight excluding hydrogens is 452 g/mol. The van der Waals surface area contributed by atoms with Gasteiger partial charge in [-0.25, -0.2) is 4.98 Å². The first-order chi connectivity index (χ1) is 16.9. The Labute approximate surface area is 201 Å². The van der Waals surface area contributed by atoms with E-state index in [4.69, 9.17) is 15.2 Å². The van der Waals surface area contributed by atoms with Crippen LogP contribution >= 0.6 is 0 Å². The summed E-state index contributed by atoms with van der Waals surface area (Å²) in [4.78, 5) is 36.1. The van der Waals surface area contributed by atoms with Crippen molar-refractivity contribution in [2.24, 2.45) is 5.73 Å². The summed E-state index contributed by atoms with van der Waals surface area (Å²) in [7, 11) is 1.81. The summed E-state index contributed by atoms with van der Waals surface area (Å²) in [5.41, 5.74) is 7.20. The van der Waals surface area contributed by atoms with E-state index < -0.39 is 17.8 Å². The second kappa shape index (κ2) is 9.53. The van der Waals surface area contributed by atoms with E-state index in [-0.39, 0.29) is 23.7 Å². The zero-order valence-corrected chi connectivity index (χ0v) is 19.5. The number of hydrogen-bond donors (Lipinski definition) is 2. The van der Waals surface area contributed by atoms with Crippen molar-refractivity contribution >= 4 is 22.9 Å². The van der Waals surface area contributed by atoms with Crippen LogP contribution < -0.4 is 25.8 Å². The molecule has 1 atom stereocenters. The maximum atomic E-state index is 13.7. The Morgan fingerprint density at radius 3 is 2.60 bits per heavy atom. The minimum absolute atomic E-state index is 0.0791. The monoisotopic (exact) mass is 480 g/mol. The van der Waals surface area contributed by atoms with E-state index in [0.717, 1.165) is 11.3 Å². The number of nitrogens with two attached hydrogens (primary N) is 1. The number of pyridine rings is 1. The van der Waals surface area contributed by atoms with Crippen LogP contribution in [0.2, 0.25) is 0 Å². The summed E-state index contributed by atoms with van der Waals surface area (Å²) in [6.45, 7) is 3.69. The van der Waals surface area contributed by atoms with E-state index in [1.54, 1.807) is 16.0 Å². The lowest BCUT2D eigenvalue weighted by molar-refractivity contribution is 0.0590. The fourth-order valence-electron chi connectivity index (χ4n) is 4.40. The molecule has 1 amide bonds. The summed E-state index contributed by atoms with van der Waals surface area (Å²) in [5, 5.41) is 10.8. The Hall–Kier alpha value is -3.67. The smallest absolute Gasteiger partial charge is 0.301 e. The van der Waals surface area contributed by atoms with E-state index >= 15 is 0 Å². The zero-order valence-electron chi connectivity index (χ0n) is 19.5. The molecule has 11 heteroatoms. The van der Waals surface area contributed by atoms with E-state index in [1.165, 1.54) is 4.40 Å². The highest BCUT2D eigenvalue weighted by Crippen LogP contribution is 2.31. The number of carbonyl (C=O) groups is 1. The Balaban J connectivity index is 1.67. The number of likely N-dealkylation sites (N-methyl/N-ethyl adjacent to an activating group) is 1. The minimum atomic E-state index is -0.901. The van der Waals surface area contributed by atoms with Crippen molar-refractivity contribution in [1.82, 2.24) is 14.3 Å². The van der Waals surface area contributed by atoms with Crippen LogP contribution in [0.3, 0.4) is 0 Å². The lowest BCUT2D eigenvalue weighted by atomic mass is 10.2. The van der Waals surface area contributed by atoms with Gasteiger partial charge in [0.2, 0.25) is 5.75 Å². The molecule has 2 aromatic heterocycles. The van der Waals surface area contributed by atoms with Crippen LogP contribution in [0.15, 0.2) is 47.4 Å². The van der Waals surface area contributed by atoms with Crippen molar-refractivity contribution < 1.29 is 19.4 Å². The van der Waals surface area contributed by atoms with Crippen LogP contribution in [0.4, 0.5) is 11.4 Å². The third kappa shape index (κ3) is 4.41. The van der Waals surface area contributed by atoms with Gasteiger partial charge in [-0.1, -0.05) is 30.3 Å². The molecule has 3 aromatic rings. The molecule has 4 heterocycles. The number of ether oxygens (including phenoxy) is 2. The molecule has 2 saturated heterocycles. The van der Waals surface area contributed by atoms with Gasteiger partial charge >= 0.3 is 5.56 Å². The topological polar surface area (TPSA) is 126 Å². The van der Waals surface area contributed by atoms with Gasteiger partial charge in [0.15, 0.2) is 17.7 Å². The molecule has 35 heavy (non-hydrogen) atoms. The molecule has 2 aliphatic rings. The fourth-order valence-corrected chi connectivity index (χ4v) is 4.40. The SMILES string of the molecule is CN1CCN(c2cc(N3CCOCC3)cn3c(=O)c(OCc4ccccc4)c(C(N)=O)nc23)C1O. The zero-order chi connectivity index (χ0) is 24.5. The maximum absolute atomic E-state index is 13.7. The van der Waals surface area contributed by atoms with E-state index in [9.17, 15) is 14.7 Å². The second-order valence-corrected chi connectivity index (χ2v) is 8.63. The van der Waals surface area contributed by atoms with Crippen LogP contribution in [0, 0.1) is 0 Å². The van der Waals surface area contributed by atoms with Crippen LogP contribution in [0.1, 0.15) is 16.1 Å². The molecule has 1 unspecified atom stereocenters. The average molecular weight is 481 g/mol. The maximum Gasteiger partial charge on any atom is 0.301 e. The number of primary amides is 1. The van der Waals surface area contributed by atoms with Gasteiger partial charge in [0, 0.05) is 32.4 Å². The molecule has 5 rings (SSSR count). The van der Waals surface area contributed by atoms with Gasteiger partial charge < -0.3 is 30.1 Å². The standard InChI is InChI=1S/C24H28N6O5/c1-27-7-8-29(24(27)33)18-13-17(28-9-11-34-12-10-28)14-30-22(18)26-19(21(25)31)20(23(30)32)35-15-16-5-3-2-4-6-16/h2-6,13-14,24,33H,7-12,15H2,1H3,(H2,25,31). The normalized spacial score (nSPS) is 18.9. The molecule has 0 aliphatic carbocycles. The number of aliphatic hydroxyl groups is 1. The molecule has 0 radical (unpaired) electrons. The van der Waals surface area contributed by atoms with Crippen molar-refractivity contribution in [2.75, 3.05) is 56.2 Å². The van der Waals surface area contributed by atoms with Crippen molar-refractivity contribution in [3.63, 3.8) is 0 Å². The molecule has 11 nitrogen and oxygen atoms in total. The number of fused-ring (bicyclic) bond motifs is 1. The summed E-state index contributed by atoms with van der Waals surface area (Å²) in [6, 6.07) is 11.2. The first-order valence-corrected chi connectivity index (χ1v) is 11.5. The molecule has 0 saturated carbocycles. The van der Waals surface area contributed by atoms with Gasteiger partial charge in [-0.2, -0.15) is 0 Å². The number of morpholine rings is 1. The molecular formula is C24H28N6O5. The quantitative estimate of drug-likeness (QED) is 0.510. The van der Waals surface area contributed by atoms with E-state index in [0.29, 0.717) is 45.1 Å². The molecule has 184 valence electrons. The van der Waals surface area contributed by atoms with Crippen LogP contribution in [0.5, 0.6) is 5.75 Å². The third-order valence-corrected chi connectivity index (χ3v) is 6.36. The Kier molecular flexibility index (Phi) is 6.29. The summed E-state index contributed by atoms with van der Waals surface area (Å²) in [5.74, 6) is -1.07. The molecule has 0 bridgehead atoms. The van der Waals surface area contributed by atoms with Gasteiger partial charge in [0.25, 0.3) is 5.91 Å². The van der Waals surface area contributed by atoms with Gasteiger partial charge in [0.05, 0.1) is 24.6 Å². The number of hydrogen-bond acceptors (Lipinski definition) is 9. The molecule has 1 aromatic carbocycles. The summed E-state index contributed by atoms with van der Waals surface area (Å²) in [6.07, 6.45) is 0.785. The van der Waals surface area contributed by atoms with Crippen LogP contribution in [0.25, 0.3) is 5.65 Å². The largest absolute Gasteiger partial charge is 0.481 e. The summed E-state index contributed by atoms with van der Waals surface area (Å²) >= 11 is 0. The average Bonchev–Trinajstić information content (AvgIpc) is 3.21. The first kappa shape index (κ1) is 23.1. The van der Waals surface area contributed by atoms with E-state index in [1.807, 2.05) is 43.4 Å². The highest BCUT2D eigenvalue weighted by Gasteiger charge is 2.31. The number of aliphatic hydroxyl groups excluding tert-OH is 1. The Morgan fingerprint density at radius 1 is 1.20 bits per heavy atom. The van der Waals surface area contributed by atoms with Crippen molar-refractivity contribution in [3.8, 4) is 5.75 Å². The third-order valence-electron chi connectivity index (χ3n) is 6.36. The van der Waals surface area contributed by atoms with Crippen molar-refractivity contribution in [3.05, 3.63) is 64.2 Å². The first-order valence-electron chi connectivity index (χ1n) is 11.5. The predicted molar refractivity (Wildman–Crippen MR) is 130 cm³/mol. The Morgan fingerprint density at radius 2 is 1.94 bits per heavy atom. The van der Waals surface area contributed by atoms with Crippen molar-refractivity contribution in [1.29, 1.82) is 0 Å². The number of aromatic nitrogens is 2. The van der Waals surface area contributed by atoms with Crippen LogP contribution in [-0.2, 0) is 11.3 Å². The molecule has 3 N–H and O–H groups in total. The minimum Gasteiger partial charge on any atom is -0.481 e. The van der Waals surface area contributed by atoms with Crippen molar-refractivity contribution in [2.45, 2.75) is 13.0 Å². The number of amides is 1. The highest BCUT2D eigenvalue weighted by molar-refractivity contribution is 5.94. The Bertz CT molecular complexity index is 1290. The van der Waals surface area contributed by atoms with Gasteiger partial charge in [-0.05, 0) is 18.7 Å². The number of nitrogens with zero attached hydrogens (tertiary/aromatic N) is 5. The highest BCUT2D eigenvalue weighted by atomic mass is 16.5.